The molecule has 8 nitrogen and oxygen atoms in total. The second-order valence-electron chi connectivity index (χ2n) is 6.77. The van der Waals surface area contributed by atoms with Crippen LogP contribution in [0.1, 0.15) is 18.4 Å². The number of nitrogens with one attached hydrogen (secondary N) is 1. The Hall–Kier alpha value is -2.48. The van der Waals surface area contributed by atoms with Gasteiger partial charge in [-0.25, -0.2) is 4.79 Å². The van der Waals surface area contributed by atoms with Gasteiger partial charge in [0.1, 0.15) is 0 Å². The molecular weight excluding hydrogens is 348 g/mol. The highest BCUT2D eigenvalue weighted by Gasteiger charge is 2.26. The number of carbonyl (C=O) groups is 2. The summed E-state index contributed by atoms with van der Waals surface area (Å²) < 4.78 is 10.6. The second kappa shape index (κ2) is 10.0. The van der Waals surface area contributed by atoms with Crippen LogP contribution in [-0.2, 0) is 11.2 Å². The summed E-state index contributed by atoms with van der Waals surface area (Å²) in [7, 11) is 5.34. The summed E-state index contributed by atoms with van der Waals surface area (Å²) >= 11 is 0. The zero-order chi connectivity index (χ0) is 19.8. The van der Waals surface area contributed by atoms with E-state index in [0.717, 1.165) is 43.9 Å². The first-order chi connectivity index (χ1) is 12.9. The number of hydrogen-bond acceptors (Lipinski definition) is 5. The predicted molar refractivity (Wildman–Crippen MR) is 103 cm³/mol. The number of hydrogen-bond donors (Lipinski definition) is 2. The number of ether oxygens (including phenoxy) is 2. The summed E-state index contributed by atoms with van der Waals surface area (Å²) in [6.07, 6.45) is 2.88. The number of primary amides is 1. The molecular formula is C19H30N4O4. The first-order valence-electron chi connectivity index (χ1n) is 9.16. The normalized spacial score (nSPS) is 16.9. The molecule has 8 heteroatoms. The van der Waals surface area contributed by atoms with Gasteiger partial charge in [0.25, 0.3) is 0 Å². The van der Waals surface area contributed by atoms with E-state index in [1.165, 1.54) is 5.56 Å². The first-order valence-corrected chi connectivity index (χ1v) is 9.16. The molecule has 1 saturated heterocycles. The van der Waals surface area contributed by atoms with Crippen molar-refractivity contribution >= 4 is 11.9 Å². The van der Waals surface area contributed by atoms with Crippen LogP contribution in [0.5, 0.6) is 11.5 Å². The minimum atomic E-state index is -0.677. The third-order valence-corrected chi connectivity index (χ3v) is 4.99. The number of nitrogens with zero attached hydrogens (tertiary/aromatic N) is 2. The molecule has 1 aliphatic heterocycles. The Morgan fingerprint density at radius 3 is 2.70 bits per heavy atom. The van der Waals surface area contributed by atoms with E-state index in [9.17, 15) is 9.59 Å². The fourth-order valence-electron chi connectivity index (χ4n) is 3.34. The zero-order valence-corrected chi connectivity index (χ0v) is 16.4. The SMILES string of the molecule is COc1ccc(CCN(C)[C@@H]2CCCN(C(=O)CNC(N)=O)C2)cc1OC. The molecule has 0 bridgehead atoms. The molecule has 0 aromatic heterocycles. The Balaban J connectivity index is 1.87. The minimum Gasteiger partial charge on any atom is -0.493 e. The largest absolute Gasteiger partial charge is 0.493 e. The molecule has 0 spiro atoms. The molecule has 0 aliphatic carbocycles. The lowest BCUT2D eigenvalue weighted by Gasteiger charge is -2.37. The van der Waals surface area contributed by atoms with Gasteiger partial charge in [-0.3, -0.25) is 4.79 Å². The molecule has 1 heterocycles. The number of urea groups is 1. The number of amides is 3. The van der Waals surface area contributed by atoms with Gasteiger partial charge in [-0.05, 0) is 44.0 Å². The second-order valence-corrected chi connectivity index (χ2v) is 6.77. The molecule has 1 aliphatic rings. The van der Waals surface area contributed by atoms with E-state index in [-0.39, 0.29) is 12.5 Å². The number of likely N-dealkylation sites (N-methyl/N-ethyl adjacent to an activating group) is 1. The lowest BCUT2D eigenvalue weighted by molar-refractivity contribution is -0.132. The molecule has 3 N–H and O–H groups in total. The van der Waals surface area contributed by atoms with Crippen molar-refractivity contribution in [1.82, 2.24) is 15.1 Å². The number of likely N-dealkylation sites (tertiary alicyclic amines) is 1. The topological polar surface area (TPSA) is 97.1 Å². The summed E-state index contributed by atoms with van der Waals surface area (Å²) in [6, 6.07) is 5.58. The first kappa shape index (κ1) is 20.8. The van der Waals surface area contributed by atoms with Crippen LogP contribution in [0.2, 0.25) is 0 Å². The van der Waals surface area contributed by atoms with Crippen LogP contribution >= 0.6 is 0 Å². The summed E-state index contributed by atoms with van der Waals surface area (Å²) in [5.74, 6) is 1.36. The van der Waals surface area contributed by atoms with Crippen LogP contribution in [0, 0.1) is 0 Å². The van der Waals surface area contributed by atoms with Crippen LogP contribution in [0.25, 0.3) is 0 Å². The third kappa shape index (κ3) is 6.02. The fourth-order valence-corrected chi connectivity index (χ4v) is 3.34. The van der Waals surface area contributed by atoms with E-state index in [4.69, 9.17) is 15.2 Å². The van der Waals surface area contributed by atoms with Gasteiger partial charge >= 0.3 is 6.03 Å². The van der Waals surface area contributed by atoms with Crippen molar-refractivity contribution < 1.29 is 19.1 Å². The van der Waals surface area contributed by atoms with Gasteiger partial charge in [0, 0.05) is 25.7 Å². The van der Waals surface area contributed by atoms with E-state index < -0.39 is 6.03 Å². The van der Waals surface area contributed by atoms with Crippen LogP contribution in [0.3, 0.4) is 0 Å². The van der Waals surface area contributed by atoms with Crippen LogP contribution < -0.4 is 20.5 Å². The maximum absolute atomic E-state index is 12.2. The molecule has 1 aromatic rings. The van der Waals surface area contributed by atoms with Crippen molar-refractivity contribution in [3.05, 3.63) is 23.8 Å². The lowest BCUT2D eigenvalue weighted by atomic mass is 10.0. The van der Waals surface area contributed by atoms with Gasteiger partial charge in [0.2, 0.25) is 5.91 Å². The van der Waals surface area contributed by atoms with Crippen molar-refractivity contribution in [1.29, 1.82) is 0 Å². The van der Waals surface area contributed by atoms with Crippen LogP contribution in [0.15, 0.2) is 18.2 Å². The predicted octanol–water partition coefficient (Wildman–Crippen LogP) is 0.837. The highest BCUT2D eigenvalue weighted by atomic mass is 16.5. The van der Waals surface area contributed by atoms with Gasteiger partial charge in [-0.15, -0.1) is 0 Å². The molecule has 2 rings (SSSR count). The van der Waals surface area contributed by atoms with Crippen molar-refractivity contribution in [3.8, 4) is 11.5 Å². The third-order valence-electron chi connectivity index (χ3n) is 4.99. The Bertz CT molecular complexity index is 653. The smallest absolute Gasteiger partial charge is 0.312 e. The molecule has 1 aromatic carbocycles. The molecule has 27 heavy (non-hydrogen) atoms. The number of carbonyl (C=O) groups excluding carboxylic acids is 2. The van der Waals surface area contributed by atoms with Gasteiger partial charge in [-0.1, -0.05) is 6.07 Å². The average Bonchev–Trinajstić information content (AvgIpc) is 2.69. The molecule has 1 fully saturated rings. The molecule has 1 atom stereocenters. The standard InChI is InChI=1S/C19H30N4O4/c1-22(10-8-14-6-7-16(26-2)17(11-14)27-3)15-5-4-9-23(13-15)18(24)12-21-19(20)25/h6-7,11,15H,4-5,8-10,12-13H2,1-3H3,(H3,20,21,25)/t15-/m1/s1. The summed E-state index contributed by atoms with van der Waals surface area (Å²) in [6.45, 7) is 2.22. The monoisotopic (exact) mass is 378 g/mol. The van der Waals surface area contributed by atoms with Crippen molar-refractivity contribution in [2.45, 2.75) is 25.3 Å². The Kier molecular flexibility index (Phi) is 7.72. The number of piperidine rings is 1. The summed E-state index contributed by atoms with van der Waals surface area (Å²) in [5, 5.41) is 2.37. The van der Waals surface area contributed by atoms with Crippen molar-refractivity contribution in [2.75, 3.05) is 47.4 Å². The number of nitrogens with two attached hydrogens (primary N) is 1. The molecule has 0 unspecified atom stereocenters. The fraction of sp³-hybridized carbons (Fsp3) is 0.579. The molecule has 0 saturated carbocycles. The quantitative estimate of drug-likeness (QED) is 0.699. The Morgan fingerprint density at radius 2 is 2.04 bits per heavy atom. The lowest BCUT2D eigenvalue weighted by Crippen LogP contribution is -2.51. The molecule has 150 valence electrons. The van der Waals surface area contributed by atoms with E-state index in [1.54, 1.807) is 19.1 Å². The highest BCUT2D eigenvalue weighted by molar-refractivity contribution is 5.83. The number of benzene rings is 1. The van der Waals surface area contributed by atoms with E-state index in [2.05, 4.69) is 17.3 Å². The molecule has 0 radical (unpaired) electrons. The van der Waals surface area contributed by atoms with Crippen molar-refractivity contribution in [2.24, 2.45) is 5.73 Å². The van der Waals surface area contributed by atoms with Crippen molar-refractivity contribution in [3.63, 3.8) is 0 Å². The van der Waals surface area contributed by atoms with E-state index in [0.29, 0.717) is 12.6 Å². The van der Waals surface area contributed by atoms with Gasteiger partial charge in [0.05, 0.1) is 20.8 Å². The minimum absolute atomic E-state index is 0.0442. The van der Waals surface area contributed by atoms with E-state index >= 15 is 0 Å². The number of methoxy groups -OCH3 is 2. The Labute approximate surface area is 160 Å². The van der Waals surface area contributed by atoms with Gasteiger partial charge in [0.15, 0.2) is 11.5 Å². The number of rotatable bonds is 8. The zero-order valence-electron chi connectivity index (χ0n) is 16.4. The maximum atomic E-state index is 12.2. The molecule has 3 amide bonds. The summed E-state index contributed by atoms with van der Waals surface area (Å²) in [4.78, 5) is 27.1. The van der Waals surface area contributed by atoms with E-state index in [1.807, 2.05) is 18.2 Å². The van der Waals surface area contributed by atoms with Crippen LogP contribution in [0.4, 0.5) is 4.79 Å². The summed E-state index contributed by atoms with van der Waals surface area (Å²) in [5.41, 5.74) is 6.21. The Morgan fingerprint density at radius 1 is 1.30 bits per heavy atom. The average molecular weight is 378 g/mol. The van der Waals surface area contributed by atoms with Gasteiger partial charge in [-0.2, -0.15) is 0 Å². The van der Waals surface area contributed by atoms with Crippen LogP contribution in [-0.4, -0.2) is 75.2 Å². The highest BCUT2D eigenvalue weighted by Crippen LogP contribution is 2.27. The maximum Gasteiger partial charge on any atom is 0.312 e. The van der Waals surface area contributed by atoms with Gasteiger partial charge < -0.3 is 30.3 Å².